The second kappa shape index (κ2) is 18.9. The van der Waals surface area contributed by atoms with E-state index >= 15 is 0 Å². The molecule has 0 bridgehead atoms. The summed E-state index contributed by atoms with van der Waals surface area (Å²) >= 11 is 10.9. The van der Waals surface area contributed by atoms with Gasteiger partial charge in [-0.15, -0.1) is 57.9 Å². The molecule has 0 saturated carbocycles. The molecule has 0 fully saturated rings. The number of benzene rings is 6. The minimum atomic E-state index is -1.65. The van der Waals surface area contributed by atoms with Crippen LogP contribution in [0.5, 0.6) is 0 Å². The molecule has 2 nitrogen and oxygen atoms in total. The van der Waals surface area contributed by atoms with E-state index < -0.39 is 18.0 Å². The van der Waals surface area contributed by atoms with Crippen LogP contribution in [0.4, 0.5) is 0 Å². The van der Waals surface area contributed by atoms with Crippen molar-refractivity contribution in [2.75, 3.05) is 0 Å². The van der Waals surface area contributed by atoms with Gasteiger partial charge in [-0.2, -0.15) is 0 Å². The number of rotatable bonds is 6. The molecule has 0 atom stereocenters. The number of hydrogen-bond donors (Lipinski definition) is 0. The average molecular weight is 960 g/mol. The summed E-state index contributed by atoms with van der Waals surface area (Å²) in [5.74, 6) is 1.86. The van der Waals surface area contributed by atoms with Crippen molar-refractivity contribution >= 4 is 88.8 Å². The van der Waals surface area contributed by atoms with Crippen molar-refractivity contribution in [3.63, 3.8) is 0 Å². The first-order valence-electron chi connectivity index (χ1n) is 20.0. The second-order valence-electron chi connectivity index (χ2n) is 15.0. The minimum absolute atomic E-state index is 0.224. The Morgan fingerprint density at radius 3 is 1.32 bits per heavy atom. The Morgan fingerprint density at radius 1 is 0.517 bits per heavy atom. The van der Waals surface area contributed by atoms with Crippen LogP contribution >= 0.6 is 40.2 Å². The zero-order chi connectivity index (χ0) is 41.9. The summed E-state index contributed by atoms with van der Waals surface area (Å²) in [7, 11) is 11.2. The standard InChI is InChI=1S/2C25H18ClO.C2H6Si.2ClH.Zr/c2*1-2-16-10-11-17-12-20(25-22-9-4-3-6-19(22)15-27-25)14-23(17)24(16)18-7-5-8-21(26)13-18;1-3-2;;;/h2*3-15H,2H2,1H3;1-2H3;2*1H;/q2*-1;;;;+2/p-2. The fraction of sp³-hybridized carbons (Fsp3) is 0.115. The van der Waals surface area contributed by atoms with E-state index in [-0.39, 0.29) is 5.43 Å². The number of hydrogen-bond acceptors (Lipinski definition) is 2. The van der Waals surface area contributed by atoms with Crippen molar-refractivity contribution in [1.82, 2.24) is 0 Å². The molecule has 0 saturated heterocycles. The predicted molar refractivity (Wildman–Crippen MR) is 258 cm³/mol. The Bertz CT molecular complexity index is 2940. The van der Waals surface area contributed by atoms with Crippen LogP contribution in [-0.4, -0.2) is 5.43 Å². The average Bonchev–Trinajstić information content (AvgIpc) is 4.07. The number of fused-ring (bicyclic) bond motifs is 4. The molecule has 300 valence electrons. The summed E-state index contributed by atoms with van der Waals surface area (Å²) in [6, 6.07) is 50.6. The van der Waals surface area contributed by atoms with Gasteiger partial charge >= 0.3 is 53.5 Å². The summed E-state index contributed by atoms with van der Waals surface area (Å²) in [4.78, 5) is 0. The van der Waals surface area contributed by atoms with Gasteiger partial charge in [-0.25, -0.2) is 0 Å². The SMILES string of the molecule is CCc1ccc2[cH-]c(-c3occ4ccccc34)cc2c1-c1cccc(Cl)c1.CCc1ccc2[cH-]c(-c3occ4ccccc34)cc2c1-c1cccc(Cl)c1.C[Si](C)=[Zr]([Cl])[Cl]. The quantitative estimate of drug-likeness (QED) is 0.123. The fourth-order valence-corrected chi connectivity index (χ4v) is 8.29. The van der Waals surface area contributed by atoms with Gasteiger partial charge in [0.2, 0.25) is 0 Å². The molecule has 0 amide bonds. The van der Waals surface area contributed by atoms with E-state index in [0.717, 1.165) is 78.2 Å². The molecule has 10 rings (SSSR count). The third-order valence-electron chi connectivity index (χ3n) is 10.9. The monoisotopic (exact) mass is 956 g/mol. The van der Waals surface area contributed by atoms with Gasteiger partial charge < -0.3 is 8.83 Å². The number of furan rings is 2. The van der Waals surface area contributed by atoms with Crippen LogP contribution in [0.3, 0.4) is 0 Å². The van der Waals surface area contributed by atoms with Crippen LogP contribution in [-0.2, 0) is 30.8 Å². The molecule has 0 aliphatic carbocycles. The molecular weight excluding hydrogens is 918 g/mol. The van der Waals surface area contributed by atoms with E-state index in [1.54, 1.807) is 0 Å². The van der Waals surface area contributed by atoms with Crippen molar-refractivity contribution in [3.05, 3.63) is 179 Å². The summed E-state index contributed by atoms with van der Waals surface area (Å²) in [5.41, 5.74) is 9.50. The molecule has 0 aliphatic rings. The van der Waals surface area contributed by atoms with Gasteiger partial charge in [0, 0.05) is 20.8 Å². The van der Waals surface area contributed by atoms with Crippen LogP contribution in [0.1, 0.15) is 25.0 Å². The Labute approximate surface area is 376 Å². The van der Waals surface area contributed by atoms with Crippen molar-refractivity contribution in [3.8, 4) is 44.9 Å². The topological polar surface area (TPSA) is 26.3 Å². The van der Waals surface area contributed by atoms with Crippen molar-refractivity contribution in [1.29, 1.82) is 0 Å². The summed E-state index contributed by atoms with van der Waals surface area (Å²) < 4.78 is 11.9. The van der Waals surface area contributed by atoms with Gasteiger partial charge in [-0.05, 0) is 70.1 Å². The zero-order valence-electron chi connectivity index (χ0n) is 33.8. The number of aryl methyl sites for hydroxylation is 2. The molecule has 0 radical (unpaired) electrons. The predicted octanol–water partition coefficient (Wildman–Crippen LogP) is 17.9. The van der Waals surface area contributed by atoms with Crippen LogP contribution in [0, 0.1) is 0 Å². The van der Waals surface area contributed by atoms with Crippen molar-refractivity contribution in [2.45, 2.75) is 39.8 Å². The Balaban J connectivity index is 0.000000147. The fourth-order valence-electron chi connectivity index (χ4n) is 7.91. The van der Waals surface area contributed by atoms with Gasteiger partial charge in [-0.1, -0.05) is 144 Å². The van der Waals surface area contributed by atoms with Crippen LogP contribution < -0.4 is 0 Å². The summed E-state index contributed by atoms with van der Waals surface area (Å²) in [6.07, 6.45) is 5.61. The first kappa shape index (κ1) is 42.6. The van der Waals surface area contributed by atoms with Crippen LogP contribution in [0.2, 0.25) is 23.1 Å². The van der Waals surface area contributed by atoms with Crippen LogP contribution in [0.25, 0.3) is 88.0 Å². The van der Waals surface area contributed by atoms with Crippen LogP contribution in [0.15, 0.2) is 167 Å². The van der Waals surface area contributed by atoms with Crippen molar-refractivity contribution in [2.24, 2.45) is 0 Å². The molecule has 0 unspecified atom stereocenters. The van der Waals surface area contributed by atoms with Gasteiger partial charge in [0.25, 0.3) is 0 Å². The van der Waals surface area contributed by atoms with Gasteiger partial charge in [-0.3, -0.25) is 0 Å². The van der Waals surface area contributed by atoms with E-state index in [1.807, 2.05) is 61.1 Å². The molecule has 8 heteroatoms. The Kier molecular flexibility index (Phi) is 13.4. The van der Waals surface area contributed by atoms with Gasteiger partial charge in [0.1, 0.15) is 0 Å². The Morgan fingerprint density at radius 2 is 0.933 bits per heavy atom. The van der Waals surface area contributed by atoms with E-state index in [1.165, 1.54) is 43.8 Å². The second-order valence-corrected chi connectivity index (χ2v) is 38.8. The third-order valence-corrected chi connectivity index (χ3v) is 31.1. The molecule has 0 spiro atoms. The molecule has 2 aromatic heterocycles. The number of halogens is 4. The Hall–Kier alpha value is -4.12. The maximum absolute atomic E-state index is 6.28. The van der Waals surface area contributed by atoms with Gasteiger partial charge in [0.15, 0.2) is 0 Å². The first-order chi connectivity index (χ1) is 29.1. The molecule has 8 aromatic carbocycles. The normalized spacial score (nSPS) is 11.1. The third kappa shape index (κ3) is 8.93. The molecule has 2 heterocycles. The van der Waals surface area contributed by atoms with E-state index in [0.29, 0.717) is 0 Å². The first-order valence-corrected chi connectivity index (χ1v) is 33.3. The molecular formula is C52H42Cl4O2SiZr-2. The van der Waals surface area contributed by atoms with Crippen molar-refractivity contribution < 1.29 is 26.8 Å². The maximum atomic E-state index is 6.28. The molecule has 0 N–H and O–H groups in total. The van der Waals surface area contributed by atoms with E-state index in [9.17, 15) is 0 Å². The zero-order valence-corrected chi connectivity index (χ0v) is 40.2. The van der Waals surface area contributed by atoms with Gasteiger partial charge in [0.05, 0.1) is 24.0 Å². The summed E-state index contributed by atoms with van der Waals surface area (Å²) in [6.45, 7) is 8.72. The molecule has 0 aliphatic heterocycles. The summed E-state index contributed by atoms with van der Waals surface area (Å²) in [5, 5.41) is 11.0. The van der Waals surface area contributed by atoms with E-state index in [2.05, 4.69) is 124 Å². The molecule has 10 aromatic rings. The molecule has 60 heavy (non-hydrogen) atoms. The van der Waals surface area contributed by atoms with E-state index in [4.69, 9.17) is 49.1 Å².